The minimum Gasteiger partial charge on any atom is -0.424 e. The molecule has 1 aromatic heterocycles. The molecule has 7 nitrogen and oxygen atoms in total. The van der Waals surface area contributed by atoms with Crippen molar-refractivity contribution in [3.05, 3.63) is 42.0 Å². The molecule has 7 heteroatoms. The van der Waals surface area contributed by atoms with Crippen LogP contribution in [-0.4, -0.2) is 52.6 Å². The zero-order valence-electron chi connectivity index (χ0n) is 14.1. The Morgan fingerprint density at radius 2 is 1.92 bits per heavy atom. The Morgan fingerprint density at radius 3 is 2.73 bits per heavy atom. The quantitative estimate of drug-likeness (QED) is 0.683. The molecule has 2 N–H and O–H groups in total. The molecule has 0 aliphatic carbocycles. The number of hydrogen-bond donors (Lipinski definition) is 1. The molecule has 0 saturated carbocycles. The number of amides is 1. The Bertz CT molecular complexity index is 1130. The van der Waals surface area contributed by atoms with Crippen LogP contribution < -0.4 is 5.73 Å². The van der Waals surface area contributed by atoms with Crippen LogP contribution in [0.4, 0.5) is 11.7 Å². The summed E-state index contributed by atoms with van der Waals surface area (Å²) in [5, 5.41) is 0. The van der Waals surface area contributed by atoms with Crippen molar-refractivity contribution in [1.82, 2.24) is 9.88 Å². The maximum atomic E-state index is 12.9. The lowest BCUT2D eigenvalue weighted by atomic mass is 10.00. The van der Waals surface area contributed by atoms with E-state index in [2.05, 4.69) is 14.9 Å². The standard InChI is InChI=1S/C19H16N5O2/c1-23-8-13(9-23)24-10-21-15-4-2-11(6-14(15)18(24)25)12-3-5-17-16(7-12)22-19(20)26-17/h2-7,10H,8-9H2,1H3,(H2,20,22)/q+1. The maximum Gasteiger partial charge on any atom is 0.350 e. The lowest BCUT2D eigenvalue weighted by Gasteiger charge is -2.28. The molecule has 0 spiro atoms. The number of likely N-dealkylation sites (tertiary alicyclic amines) is 1. The van der Waals surface area contributed by atoms with Gasteiger partial charge in [-0.25, -0.2) is 4.79 Å². The lowest BCUT2D eigenvalue weighted by molar-refractivity contribution is -0.299. The van der Waals surface area contributed by atoms with Crippen molar-refractivity contribution in [2.45, 2.75) is 0 Å². The van der Waals surface area contributed by atoms with Crippen LogP contribution in [0.3, 0.4) is 0 Å². The van der Waals surface area contributed by atoms with Gasteiger partial charge in [0.2, 0.25) is 0 Å². The van der Waals surface area contributed by atoms with Gasteiger partial charge in [-0.15, -0.1) is 0 Å². The predicted molar refractivity (Wildman–Crippen MR) is 99.1 cm³/mol. The van der Waals surface area contributed by atoms with E-state index in [0.717, 1.165) is 29.9 Å². The first-order valence-electron chi connectivity index (χ1n) is 8.30. The van der Waals surface area contributed by atoms with Gasteiger partial charge in [-0.3, -0.25) is 4.90 Å². The van der Waals surface area contributed by atoms with Gasteiger partial charge in [-0.2, -0.15) is 9.56 Å². The fraction of sp³-hybridized carbons (Fsp3) is 0.158. The highest BCUT2D eigenvalue weighted by atomic mass is 16.4. The summed E-state index contributed by atoms with van der Waals surface area (Å²) in [6.45, 7) is 1.58. The predicted octanol–water partition coefficient (Wildman–Crippen LogP) is 2.29. The zero-order valence-corrected chi connectivity index (χ0v) is 14.1. The number of anilines is 1. The fourth-order valence-corrected chi connectivity index (χ4v) is 3.38. The number of oxazole rings is 1. The SMILES string of the molecule is CN1CC(=[N+]2C=Nc3ccc(-c4ccc5oc(N)nc5c4)cc3C2=O)C1. The highest BCUT2D eigenvalue weighted by molar-refractivity contribution is 6.06. The summed E-state index contributed by atoms with van der Waals surface area (Å²) in [6.07, 6.45) is 1.62. The molecule has 5 rings (SSSR count). The van der Waals surface area contributed by atoms with Crippen LogP contribution in [0.25, 0.3) is 22.2 Å². The molecule has 0 bridgehead atoms. The van der Waals surface area contributed by atoms with Crippen molar-refractivity contribution in [1.29, 1.82) is 0 Å². The van der Waals surface area contributed by atoms with Crippen molar-refractivity contribution < 1.29 is 13.8 Å². The highest BCUT2D eigenvalue weighted by Gasteiger charge is 2.32. The summed E-state index contributed by atoms with van der Waals surface area (Å²) in [7, 11) is 2.02. The molecule has 1 saturated heterocycles. The average molecular weight is 346 g/mol. The molecule has 0 atom stereocenters. The number of nitrogens with two attached hydrogens (primary N) is 1. The summed E-state index contributed by atoms with van der Waals surface area (Å²) >= 11 is 0. The van der Waals surface area contributed by atoms with E-state index in [0.29, 0.717) is 22.4 Å². The van der Waals surface area contributed by atoms with E-state index >= 15 is 0 Å². The van der Waals surface area contributed by atoms with E-state index in [1.54, 1.807) is 10.9 Å². The van der Waals surface area contributed by atoms with Crippen molar-refractivity contribution in [3.63, 3.8) is 0 Å². The zero-order chi connectivity index (χ0) is 17.8. The monoisotopic (exact) mass is 346 g/mol. The number of rotatable bonds is 1. The third kappa shape index (κ3) is 2.25. The van der Waals surface area contributed by atoms with E-state index in [4.69, 9.17) is 10.2 Å². The Kier molecular flexibility index (Phi) is 3.07. The Morgan fingerprint density at radius 1 is 1.15 bits per heavy atom. The first-order chi connectivity index (χ1) is 12.6. The number of hydrogen-bond acceptors (Lipinski definition) is 6. The molecule has 3 aromatic rings. The first-order valence-corrected chi connectivity index (χ1v) is 8.30. The van der Waals surface area contributed by atoms with E-state index in [9.17, 15) is 4.79 Å². The number of nitrogen functional groups attached to an aromatic ring is 1. The highest BCUT2D eigenvalue weighted by Crippen LogP contribution is 2.31. The van der Waals surface area contributed by atoms with Gasteiger partial charge < -0.3 is 10.2 Å². The molecule has 2 aliphatic heterocycles. The van der Waals surface area contributed by atoms with Gasteiger partial charge in [0.1, 0.15) is 16.8 Å². The minimum absolute atomic E-state index is 0.0355. The maximum absolute atomic E-state index is 12.9. The molecule has 2 aliphatic rings. The summed E-state index contributed by atoms with van der Waals surface area (Å²) in [5.41, 5.74) is 11.2. The van der Waals surface area contributed by atoms with E-state index in [1.807, 2.05) is 43.4 Å². The number of nitrogens with zero attached hydrogens (tertiary/aromatic N) is 4. The Balaban J connectivity index is 1.58. The van der Waals surface area contributed by atoms with Gasteiger partial charge in [-0.1, -0.05) is 6.07 Å². The van der Waals surface area contributed by atoms with E-state index < -0.39 is 0 Å². The first kappa shape index (κ1) is 15.0. The second-order valence-corrected chi connectivity index (χ2v) is 6.62. The number of benzene rings is 2. The van der Waals surface area contributed by atoms with Gasteiger partial charge in [0.15, 0.2) is 11.3 Å². The summed E-state index contributed by atoms with van der Waals surface area (Å²) in [5.74, 6) is -0.0355. The summed E-state index contributed by atoms with van der Waals surface area (Å²) in [6, 6.07) is 11.5. The average Bonchev–Trinajstić information content (AvgIpc) is 2.99. The molecule has 1 fully saturated rings. The molecule has 2 aromatic carbocycles. The van der Waals surface area contributed by atoms with Crippen LogP contribution in [0.15, 0.2) is 45.8 Å². The normalized spacial score (nSPS) is 16.9. The van der Waals surface area contributed by atoms with Crippen LogP contribution in [0.5, 0.6) is 0 Å². The van der Waals surface area contributed by atoms with Crippen LogP contribution >= 0.6 is 0 Å². The molecule has 3 heterocycles. The molecule has 128 valence electrons. The van der Waals surface area contributed by atoms with Gasteiger partial charge in [0.05, 0.1) is 13.1 Å². The lowest BCUT2D eigenvalue weighted by Crippen LogP contribution is -2.50. The van der Waals surface area contributed by atoms with Gasteiger partial charge in [0, 0.05) is 0 Å². The number of aromatic nitrogens is 1. The largest absolute Gasteiger partial charge is 0.424 e. The number of aliphatic imine (C=N–C) groups is 1. The topological polar surface area (TPSA) is 87.7 Å². The third-order valence-electron chi connectivity index (χ3n) is 4.74. The minimum atomic E-state index is -0.0355. The second kappa shape index (κ2) is 5.34. The number of carbonyl (C=O) groups excluding carboxylic acids is 1. The van der Waals surface area contributed by atoms with Crippen molar-refractivity contribution in [2.24, 2.45) is 4.99 Å². The van der Waals surface area contributed by atoms with Gasteiger partial charge in [0.25, 0.3) is 12.4 Å². The molecule has 0 radical (unpaired) electrons. The molecule has 1 amide bonds. The Hall–Kier alpha value is -3.32. The van der Waals surface area contributed by atoms with Crippen molar-refractivity contribution in [3.8, 4) is 11.1 Å². The molecular formula is C19H16N5O2+. The summed E-state index contributed by atoms with van der Waals surface area (Å²) < 4.78 is 6.97. The third-order valence-corrected chi connectivity index (χ3v) is 4.74. The number of fused-ring (bicyclic) bond motifs is 2. The van der Waals surface area contributed by atoms with Crippen molar-refractivity contribution in [2.75, 3.05) is 25.9 Å². The van der Waals surface area contributed by atoms with E-state index in [1.165, 1.54) is 0 Å². The second-order valence-electron chi connectivity index (χ2n) is 6.62. The summed E-state index contributed by atoms with van der Waals surface area (Å²) in [4.78, 5) is 23.7. The van der Waals surface area contributed by atoms with Crippen LogP contribution in [-0.2, 0) is 0 Å². The number of carbonyl (C=O) groups is 1. The Labute approximate surface area is 149 Å². The molecular weight excluding hydrogens is 330 g/mol. The van der Waals surface area contributed by atoms with Gasteiger partial charge in [-0.05, 0) is 53.5 Å². The fourth-order valence-electron chi connectivity index (χ4n) is 3.38. The van der Waals surface area contributed by atoms with Crippen LogP contribution in [0, 0.1) is 0 Å². The van der Waals surface area contributed by atoms with Crippen LogP contribution in [0.2, 0.25) is 0 Å². The van der Waals surface area contributed by atoms with Crippen LogP contribution in [0.1, 0.15) is 10.4 Å². The van der Waals surface area contributed by atoms with E-state index in [-0.39, 0.29) is 11.9 Å². The molecule has 26 heavy (non-hydrogen) atoms. The van der Waals surface area contributed by atoms with Gasteiger partial charge >= 0.3 is 5.91 Å². The van der Waals surface area contributed by atoms with Crippen molar-refractivity contribution >= 4 is 40.8 Å². The molecule has 0 unspecified atom stereocenters. The smallest absolute Gasteiger partial charge is 0.350 e.